The summed E-state index contributed by atoms with van der Waals surface area (Å²) in [4.78, 5) is 7.07. The Hall–Kier alpha value is -0.770. The Bertz CT molecular complexity index is 818. The Morgan fingerprint density at radius 1 is 1.05 bits per heavy atom. The van der Waals surface area contributed by atoms with E-state index in [0.29, 0.717) is 5.56 Å². The smallest absolute Gasteiger partial charge is 0.858 e. The number of aryl methyl sites for hydroxylation is 1. The predicted octanol–water partition coefficient (Wildman–Crippen LogP) is -5.47. The first-order valence-electron chi connectivity index (χ1n) is 5.53. The third kappa shape index (κ3) is 3.12. The second-order valence-corrected chi connectivity index (χ2v) is 4.17. The fourth-order valence-corrected chi connectivity index (χ4v) is 1.95. The zero-order valence-corrected chi connectivity index (χ0v) is 16.1. The SMILES string of the molecule is Cc1cc(F)c(-c2c([O-])nc3ncnn3c2[O-])c(F)c1.[Na+].[Na+]. The van der Waals surface area contributed by atoms with E-state index in [0.717, 1.165) is 23.0 Å². The van der Waals surface area contributed by atoms with Crippen LogP contribution in [0.4, 0.5) is 8.78 Å². The van der Waals surface area contributed by atoms with Crippen LogP contribution < -0.4 is 69.3 Å². The summed E-state index contributed by atoms with van der Waals surface area (Å²) in [6.07, 6.45) is 1.02. The van der Waals surface area contributed by atoms with Crippen LogP contribution in [0.2, 0.25) is 0 Å². The Kier molecular flexibility index (Phi) is 6.31. The van der Waals surface area contributed by atoms with Crippen LogP contribution in [0.15, 0.2) is 18.5 Å². The molecule has 3 aromatic rings. The normalized spacial score (nSPS) is 10.1. The van der Waals surface area contributed by atoms with E-state index in [1.165, 1.54) is 6.92 Å². The molecule has 6 nitrogen and oxygen atoms in total. The van der Waals surface area contributed by atoms with Crippen LogP contribution in [-0.4, -0.2) is 19.6 Å². The van der Waals surface area contributed by atoms with Crippen LogP contribution in [0.5, 0.6) is 11.8 Å². The molecular weight excluding hydrogens is 316 g/mol. The van der Waals surface area contributed by atoms with Crippen molar-refractivity contribution in [2.75, 3.05) is 0 Å². The largest absolute Gasteiger partial charge is 1.00 e. The predicted molar refractivity (Wildman–Crippen MR) is 59.8 cm³/mol. The first kappa shape index (κ1) is 19.3. The van der Waals surface area contributed by atoms with E-state index >= 15 is 0 Å². The summed E-state index contributed by atoms with van der Waals surface area (Å²) in [5.41, 5.74) is -1.06. The van der Waals surface area contributed by atoms with Crippen molar-refractivity contribution in [1.82, 2.24) is 19.6 Å². The van der Waals surface area contributed by atoms with E-state index in [-0.39, 0.29) is 64.9 Å². The Morgan fingerprint density at radius 3 is 2.23 bits per heavy atom. The summed E-state index contributed by atoms with van der Waals surface area (Å²) in [5.74, 6) is -4.22. The van der Waals surface area contributed by atoms with Gasteiger partial charge in [0.05, 0.1) is 5.56 Å². The molecule has 0 fully saturated rings. The molecule has 0 amide bonds. The molecule has 0 unspecified atom stereocenters. The van der Waals surface area contributed by atoms with Crippen LogP contribution in [0, 0.1) is 18.6 Å². The fraction of sp³-hybridized carbons (Fsp3) is 0.0833. The van der Waals surface area contributed by atoms with Crippen molar-refractivity contribution >= 4 is 5.78 Å². The number of hydrogen-bond acceptors (Lipinski definition) is 5. The van der Waals surface area contributed by atoms with Gasteiger partial charge in [0.15, 0.2) is 0 Å². The van der Waals surface area contributed by atoms with Gasteiger partial charge in [-0.05, 0) is 24.6 Å². The van der Waals surface area contributed by atoms with E-state index in [9.17, 15) is 19.0 Å². The van der Waals surface area contributed by atoms with E-state index in [1.807, 2.05) is 0 Å². The molecule has 1 aromatic carbocycles. The molecule has 0 bridgehead atoms. The molecule has 0 aliphatic carbocycles. The van der Waals surface area contributed by atoms with Crippen molar-refractivity contribution in [2.45, 2.75) is 6.92 Å². The first-order chi connectivity index (χ1) is 9.49. The van der Waals surface area contributed by atoms with E-state index in [1.54, 1.807) is 0 Å². The maximum Gasteiger partial charge on any atom is 1.00 e. The average molecular weight is 322 g/mol. The van der Waals surface area contributed by atoms with Crippen molar-refractivity contribution < 1.29 is 78.1 Å². The summed E-state index contributed by atoms with van der Waals surface area (Å²) >= 11 is 0. The van der Waals surface area contributed by atoms with Crippen molar-refractivity contribution in [3.8, 4) is 22.9 Å². The second kappa shape index (κ2) is 7.20. The van der Waals surface area contributed by atoms with Gasteiger partial charge in [0, 0.05) is 17.3 Å². The first-order valence-corrected chi connectivity index (χ1v) is 5.53. The van der Waals surface area contributed by atoms with Gasteiger partial charge in [-0.1, -0.05) is 0 Å². The van der Waals surface area contributed by atoms with Gasteiger partial charge in [-0.3, -0.25) is 0 Å². The minimum atomic E-state index is -1.04. The molecule has 10 heteroatoms. The number of nitrogens with zero attached hydrogens (tertiary/aromatic N) is 4. The minimum Gasteiger partial charge on any atom is -0.858 e. The molecule has 0 saturated heterocycles. The van der Waals surface area contributed by atoms with Gasteiger partial charge in [0.2, 0.25) is 0 Å². The van der Waals surface area contributed by atoms with Crippen molar-refractivity contribution in [1.29, 1.82) is 0 Å². The number of benzene rings is 1. The topological polar surface area (TPSA) is 89.2 Å². The number of rotatable bonds is 1. The monoisotopic (exact) mass is 322 g/mol. The average Bonchev–Trinajstić information content (AvgIpc) is 2.80. The Balaban J connectivity index is 0.00000121. The van der Waals surface area contributed by atoms with Crippen LogP contribution in [0.1, 0.15) is 5.56 Å². The molecule has 2 aromatic heterocycles. The maximum atomic E-state index is 13.9. The number of aromatic nitrogens is 4. The summed E-state index contributed by atoms with van der Waals surface area (Å²) in [6, 6.07) is 2.06. The van der Waals surface area contributed by atoms with Crippen LogP contribution in [0.3, 0.4) is 0 Å². The second-order valence-electron chi connectivity index (χ2n) is 4.17. The van der Waals surface area contributed by atoms with Crippen molar-refractivity contribution in [3.63, 3.8) is 0 Å². The molecule has 3 rings (SSSR count). The molecule has 22 heavy (non-hydrogen) atoms. The minimum absolute atomic E-state index is 0. The number of halogens is 2. The summed E-state index contributed by atoms with van der Waals surface area (Å²) in [5, 5.41) is 27.5. The van der Waals surface area contributed by atoms with Crippen LogP contribution in [0.25, 0.3) is 16.9 Å². The maximum absolute atomic E-state index is 13.9. The molecule has 0 atom stereocenters. The zero-order chi connectivity index (χ0) is 14.4. The summed E-state index contributed by atoms with van der Waals surface area (Å²) in [6.45, 7) is 1.49. The van der Waals surface area contributed by atoms with Gasteiger partial charge in [-0.2, -0.15) is 10.1 Å². The molecule has 0 N–H and O–H groups in total. The molecule has 2 heterocycles. The number of hydrogen-bond donors (Lipinski definition) is 0. The van der Waals surface area contributed by atoms with E-state index < -0.39 is 34.5 Å². The standard InChI is InChI=1S/C12H8F2N4O2.2Na/c1-5-2-6(13)8(7(14)3-5)9-10(19)17-12-15-4-16-18(12)11(9)20;;/h2-4,20H,1H3,(H,15,16,17,19);;/q;2*+1/p-2. The third-order valence-electron chi connectivity index (χ3n) is 2.79. The fourth-order valence-electron chi connectivity index (χ4n) is 1.95. The van der Waals surface area contributed by atoms with Crippen LogP contribution in [-0.2, 0) is 0 Å². The van der Waals surface area contributed by atoms with Crippen molar-refractivity contribution in [3.05, 3.63) is 35.7 Å². The third-order valence-corrected chi connectivity index (χ3v) is 2.79. The Labute approximate surface area is 167 Å². The molecule has 0 saturated carbocycles. The van der Waals surface area contributed by atoms with Gasteiger partial charge < -0.3 is 10.2 Å². The van der Waals surface area contributed by atoms with Gasteiger partial charge >= 0.3 is 59.1 Å². The van der Waals surface area contributed by atoms with Gasteiger partial charge in [-0.25, -0.2) is 18.3 Å². The Morgan fingerprint density at radius 2 is 1.64 bits per heavy atom. The molecule has 0 aliphatic heterocycles. The van der Waals surface area contributed by atoms with Crippen LogP contribution >= 0.6 is 0 Å². The van der Waals surface area contributed by atoms with Gasteiger partial charge in [0.1, 0.15) is 18.0 Å². The van der Waals surface area contributed by atoms with Gasteiger partial charge in [0.25, 0.3) is 5.78 Å². The molecule has 0 radical (unpaired) electrons. The van der Waals surface area contributed by atoms with Crippen molar-refractivity contribution in [2.24, 2.45) is 0 Å². The molecular formula is C12H6F2N4Na2O2. The molecule has 102 valence electrons. The summed E-state index contributed by atoms with van der Waals surface area (Å²) in [7, 11) is 0. The molecule has 0 spiro atoms. The van der Waals surface area contributed by atoms with Gasteiger partial charge in [-0.15, -0.1) is 0 Å². The number of fused-ring (bicyclic) bond motifs is 1. The molecule has 0 aliphatic rings. The zero-order valence-electron chi connectivity index (χ0n) is 12.1. The van der Waals surface area contributed by atoms with E-state index in [2.05, 4.69) is 15.1 Å². The van der Waals surface area contributed by atoms with E-state index in [4.69, 9.17) is 0 Å². The summed E-state index contributed by atoms with van der Waals surface area (Å²) < 4.78 is 28.5. The quantitative estimate of drug-likeness (QED) is 0.417.